The Morgan fingerprint density at radius 3 is 2.58 bits per heavy atom. The average molecular weight is 335 g/mol. The minimum absolute atomic E-state index is 0.110. The normalized spacial score (nSPS) is 17.8. The smallest absolute Gasteiger partial charge is 0.0710 e. The summed E-state index contributed by atoms with van der Waals surface area (Å²) in [7, 11) is 0. The highest BCUT2D eigenvalue weighted by molar-refractivity contribution is 7.16. The predicted molar refractivity (Wildman–Crippen MR) is 104 cm³/mol. The van der Waals surface area contributed by atoms with Gasteiger partial charge < -0.3 is 0 Å². The zero-order valence-corrected chi connectivity index (χ0v) is 14.3. The van der Waals surface area contributed by atoms with Crippen molar-refractivity contribution in [1.29, 1.82) is 0 Å². The maximum Gasteiger partial charge on any atom is 0.0710 e. The molecule has 1 aliphatic rings. The summed E-state index contributed by atoms with van der Waals surface area (Å²) in [6.07, 6.45) is 5.17. The fourth-order valence-electron chi connectivity index (χ4n) is 3.06. The van der Waals surface area contributed by atoms with E-state index in [0.29, 0.717) is 11.3 Å². The Morgan fingerprint density at radius 1 is 1.00 bits per heavy atom. The lowest BCUT2D eigenvalue weighted by Gasteiger charge is -2.09. The van der Waals surface area contributed by atoms with Crippen molar-refractivity contribution in [2.24, 2.45) is 0 Å². The van der Waals surface area contributed by atoms with Gasteiger partial charge in [-0.05, 0) is 41.8 Å². The fourth-order valence-corrected chi connectivity index (χ4v) is 3.94. The zero-order valence-electron chi connectivity index (χ0n) is 16.5. The molecule has 0 saturated heterocycles. The van der Waals surface area contributed by atoms with E-state index in [1.54, 1.807) is 17.5 Å². The van der Waals surface area contributed by atoms with Crippen molar-refractivity contribution in [3.05, 3.63) is 77.8 Å². The lowest BCUT2D eigenvalue weighted by molar-refractivity contribution is 0.719. The predicted octanol–water partition coefficient (Wildman–Crippen LogP) is 6.75. The second-order valence-corrected chi connectivity index (χ2v) is 6.94. The third-order valence-corrected chi connectivity index (χ3v) is 5.39. The van der Waals surface area contributed by atoms with E-state index in [-0.39, 0.29) is 12.1 Å². The molecule has 24 heavy (non-hydrogen) atoms. The summed E-state index contributed by atoms with van der Waals surface area (Å²) >= 11 is 1.60. The van der Waals surface area contributed by atoms with Crippen LogP contribution in [0.3, 0.4) is 0 Å². The molecule has 1 nitrogen and oxygen atoms in total. The van der Waals surface area contributed by atoms with Crippen LogP contribution in [0.1, 0.15) is 41.3 Å². The summed E-state index contributed by atoms with van der Waals surface area (Å²) < 4.78 is 26.8. The van der Waals surface area contributed by atoms with Gasteiger partial charge in [0.15, 0.2) is 0 Å². The van der Waals surface area contributed by atoms with Gasteiger partial charge >= 0.3 is 0 Å². The molecule has 0 amide bonds. The number of nitrogens with zero attached hydrogens (tertiary/aromatic N) is 1. The van der Waals surface area contributed by atoms with E-state index in [9.17, 15) is 0 Å². The third-order valence-electron chi connectivity index (χ3n) is 4.39. The first-order chi connectivity index (χ1) is 13.1. The largest absolute Gasteiger partial charge is 0.256 e. The van der Waals surface area contributed by atoms with Crippen LogP contribution in [0.2, 0.25) is 0 Å². The van der Waals surface area contributed by atoms with Crippen LogP contribution in [0.15, 0.2) is 72.2 Å². The molecule has 0 spiro atoms. The maximum atomic E-state index is 8.66. The van der Waals surface area contributed by atoms with E-state index in [4.69, 9.17) is 4.11 Å². The van der Waals surface area contributed by atoms with Crippen LogP contribution in [0.5, 0.6) is 0 Å². The van der Waals surface area contributed by atoms with Crippen LogP contribution in [0, 0.1) is 0 Å². The molecule has 2 aromatic heterocycles. The lowest BCUT2D eigenvalue weighted by Crippen LogP contribution is -1.93. The van der Waals surface area contributed by atoms with Crippen molar-refractivity contribution in [2.45, 2.75) is 31.6 Å². The van der Waals surface area contributed by atoms with Crippen LogP contribution in [0.4, 0.5) is 0 Å². The number of rotatable bonds is 2. The third kappa shape index (κ3) is 3.34. The highest BCUT2D eigenvalue weighted by Gasteiger charge is 2.17. The van der Waals surface area contributed by atoms with E-state index in [2.05, 4.69) is 23.2 Å². The summed E-state index contributed by atoms with van der Waals surface area (Å²) in [5, 5.41) is 3.14. The lowest BCUT2D eigenvalue weighted by atomic mass is 9.99. The number of aromatic nitrogens is 1. The van der Waals surface area contributed by atoms with Gasteiger partial charge in [0.2, 0.25) is 0 Å². The average Bonchev–Trinajstić information content (AvgIpc) is 3.15. The molecule has 0 radical (unpaired) electrons. The van der Waals surface area contributed by atoms with E-state index in [1.807, 2.05) is 35.7 Å². The van der Waals surface area contributed by atoms with Gasteiger partial charge in [0.25, 0.3) is 0 Å². The maximum absolute atomic E-state index is 8.66. The second-order valence-electron chi connectivity index (χ2n) is 6.03. The van der Waals surface area contributed by atoms with Crippen molar-refractivity contribution in [1.82, 2.24) is 4.98 Å². The van der Waals surface area contributed by atoms with Gasteiger partial charge in [-0.15, -0.1) is 11.3 Å². The zero-order chi connectivity index (χ0) is 18.9. The molecule has 1 saturated carbocycles. The molecule has 1 fully saturated rings. The molecule has 0 unspecified atom stereocenters. The monoisotopic (exact) mass is 334 g/mol. The molecule has 3 aromatic rings. The van der Waals surface area contributed by atoms with Crippen molar-refractivity contribution in [3.8, 4) is 11.3 Å². The Hall–Kier alpha value is -2.19. The molecule has 0 atom stereocenters. The van der Waals surface area contributed by atoms with Crippen LogP contribution in [-0.2, 0) is 0 Å². The van der Waals surface area contributed by atoms with Gasteiger partial charge in [-0.1, -0.05) is 61.3 Å². The highest BCUT2D eigenvalue weighted by atomic mass is 32.1. The molecule has 120 valence electrons. The van der Waals surface area contributed by atoms with E-state index in [0.717, 1.165) is 41.3 Å². The summed E-state index contributed by atoms with van der Waals surface area (Å²) in [5.41, 5.74) is 1.91. The van der Waals surface area contributed by atoms with E-state index >= 15 is 0 Å². The first-order valence-corrected chi connectivity index (χ1v) is 9.24. The molecule has 2 heteroatoms. The first kappa shape index (κ1) is 12.2. The summed E-state index contributed by atoms with van der Waals surface area (Å²) in [6.45, 7) is 0. The van der Waals surface area contributed by atoms with E-state index in [1.165, 1.54) is 0 Å². The van der Waals surface area contributed by atoms with Crippen molar-refractivity contribution >= 4 is 21.4 Å². The van der Waals surface area contributed by atoms with Gasteiger partial charge in [-0.2, -0.15) is 0 Å². The van der Waals surface area contributed by atoms with Gasteiger partial charge in [-0.3, -0.25) is 4.98 Å². The first-order valence-electron chi connectivity index (χ1n) is 9.86. The molecule has 1 aromatic carbocycles. The SMILES string of the molecule is [2H]c1c(C2([2H])CCCC2)cnc(-c2ccccc3ccccc3sc2)c1[2H]. The molecule has 0 bridgehead atoms. The number of benzene rings is 1. The molecule has 1 aliphatic carbocycles. The highest BCUT2D eigenvalue weighted by Crippen LogP contribution is 2.34. The van der Waals surface area contributed by atoms with Gasteiger partial charge in [-0.25, -0.2) is 0 Å². The molecule has 0 aliphatic heterocycles. The topological polar surface area (TPSA) is 12.9 Å². The Bertz CT molecular complexity index is 1040. The molecule has 0 N–H and O–H groups in total. The quantitative estimate of drug-likeness (QED) is 0.505. The van der Waals surface area contributed by atoms with Crippen LogP contribution in [0.25, 0.3) is 21.3 Å². The molecular formula is C22H21NS. The van der Waals surface area contributed by atoms with Crippen molar-refractivity contribution in [3.63, 3.8) is 0 Å². The van der Waals surface area contributed by atoms with Gasteiger partial charge in [0.05, 0.1) is 8.44 Å². The Morgan fingerprint density at radius 2 is 1.75 bits per heavy atom. The molecule has 2 heterocycles. The minimum Gasteiger partial charge on any atom is -0.256 e. The Balaban J connectivity index is 1.85. The summed E-state index contributed by atoms with van der Waals surface area (Å²) in [6, 6.07) is 16.3. The number of hydrogen-bond donors (Lipinski definition) is 0. The van der Waals surface area contributed by atoms with Crippen LogP contribution < -0.4 is 0 Å². The number of pyridine rings is 1. The standard InChI is InChI=1S/C22H21NS/c1-2-8-17(7-1)19-13-14-21(23-15-19)20-11-4-3-9-18-10-5-6-12-22(18)24-16-20/h3-6,9-17H,1-2,7-8H2/i13D,14D,17D. The Kier molecular flexibility index (Phi) is 3.64. The van der Waals surface area contributed by atoms with Crippen LogP contribution >= 0.6 is 11.3 Å². The molecule has 4 rings (SSSR count). The fraction of sp³-hybridized carbons (Fsp3) is 0.227. The number of fused-ring (bicyclic) bond motifs is 1. The van der Waals surface area contributed by atoms with Gasteiger partial charge in [0.1, 0.15) is 0 Å². The van der Waals surface area contributed by atoms with Crippen LogP contribution in [-0.4, -0.2) is 4.98 Å². The summed E-state index contributed by atoms with van der Waals surface area (Å²) in [4.78, 5) is 4.53. The van der Waals surface area contributed by atoms with Crippen molar-refractivity contribution in [2.75, 3.05) is 0 Å². The van der Waals surface area contributed by atoms with Gasteiger partial charge in [0, 0.05) is 23.2 Å². The summed E-state index contributed by atoms with van der Waals surface area (Å²) in [5.74, 6) is -0.753. The second kappa shape index (κ2) is 7.14. The molecular weight excluding hydrogens is 310 g/mol. The van der Waals surface area contributed by atoms with E-state index < -0.39 is 5.89 Å². The minimum atomic E-state index is -0.753. The Labute approximate surface area is 151 Å². The number of hydrogen-bond acceptors (Lipinski definition) is 2. The van der Waals surface area contributed by atoms with Crippen molar-refractivity contribution < 1.29 is 4.11 Å².